The molecule has 0 unspecified atom stereocenters. The fraction of sp³-hybridized carbons (Fsp3) is 0.0577. The van der Waals surface area contributed by atoms with Gasteiger partial charge < -0.3 is 9.32 Å². The first-order chi connectivity index (χ1) is 27.0. The van der Waals surface area contributed by atoms with E-state index in [4.69, 9.17) is 9.40 Å². The third-order valence-corrected chi connectivity index (χ3v) is 11.7. The van der Waals surface area contributed by atoms with Gasteiger partial charge in [0, 0.05) is 38.5 Å². The molecule has 1 heterocycles. The Labute approximate surface area is 319 Å². The summed E-state index contributed by atoms with van der Waals surface area (Å²) in [6.07, 6.45) is 0. The minimum absolute atomic E-state index is 0.0737. The van der Waals surface area contributed by atoms with Crippen molar-refractivity contribution in [3.63, 3.8) is 0 Å². The Morgan fingerprint density at radius 2 is 1.09 bits per heavy atom. The number of hydrogen-bond acceptors (Lipinski definition) is 3. The summed E-state index contributed by atoms with van der Waals surface area (Å²) in [6.45, 7) is 4.68. The van der Waals surface area contributed by atoms with Crippen molar-refractivity contribution in [1.29, 1.82) is 0 Å². The molecule has 0 aliphatic heterocycles. The molecular weight excluding hydrogens is 669 g/mol. The fourth-order valence-electron chi connectivity index (χ4n) is 8.97. The molecule has 0 radical (unpaired) electrons. The Balaban J connectivity index is 1.17. The molecule has 0 saturated carbocycles. The van der Waals surface area contributed by atoms with Crippen LogP contribution in [0.4, 0.5) is 17.1 Å². The average molecular weight is 705 g/mol. The summed E-state index contributed by atoms with van der Waals surface area (Å²) in [5, 5.41) is 6.86. The second kappa shape index (κ2) is 12.0. The first kappa shape index (κ1) is 31.5. The summed E-state index contributed by atoms with van der Waals surface area (Å²) in [6, 6.07) is 65.6. The van der Waals surface area contributed by atoms with Crippen LogP contribution in [-0.2, 0) is 5.41 Å². The van der Waals surface area contributed by atoms with E-state index < -0.39 is 0 Å². The molecule has 3 heteroatoms. The van der Waals surface area contributed by atoms with Crippen LogP contribution in [0.2, 0.25) is 0 Å². The number of fused-ring (bicyclic) bond motifs is 10. The lowest BCUT2D eigenvalue weighted by molar-refractivity contribution is 0.623. The predicted molar refractivity (Wildman–Crippen MR) is 230 cm³/mol. The molecule has 9 aromatic carbocycles. The second-order valence-electron chi connectivity index (χ2n) is 15.2. The first-order valence-electron chi connectivity index (χ1n) is 19.0. The third-order valence-electron chi connectivity index (χ3n) is 11.7. The van der Waals surface area contributed by atoms with E-state index in [1.807, 2.05) is 30.3 Å². The summed E-state index contributed by atoms with van der Waals surface area (Å²) < 4.78 is 6.65. The van der Waals surface area contributed by atoms with Crippen molar-refractivity contribution in [2.45, 2.75) is 19.3 Å². The van der Waals surface area contributed by atoms with E-state index in [2.05, 4.69) is 170 Å². The molecule has 1 aliphatic carbocycles. The number of benzene rings is 9. The van der Waals surface area contributed by atoms with Gasteiger partial charge in [-0.3, -0.25) is 0 Å². The molecule has 1 aromatic heterocycles. The summed E-state index contributed by atoms with van der Waals surface area (Å²) >= 11 is 0. The van der Waals surface area contributed by atoms with Crippen molar-refractivity contribution in [2.75, 3.05) is 4.90 Å². The van der Waals surface area contributed by atoms with E-state index in [1.165, 1.54) is 44.2 Å². The average Bonchev–Trinajstić information content (AvgIpc) is 3.78. The number of rotatable bonds is 5. The zero-order valence-corrected chi connectivity index (χ0v) is 30.6. The minimum atomic E-state index is -0.0737. The van der Waals surface area contributed by atoms with E-state index in [9.17, 15) is 0 Å². The molecule has 11 rings (SSSR count). The standard InChI is InChI=1S/C52H36N2O/c1-52(2)44-20-12-11-17-40(44)43-32-39(28-29-45(43)52)54(38-26-23-34(24-27-38)33-13-5-3-6-14-33)47-31-37-22-21-35-25-30-46-50(55-51(53-46)36-15-7-4-8-16-36)49(35)48(37)42-19-10-9-18-41(42)47/h3-32H,1-2H3. The molecular formula is C52H36N2O. The maximum Gasteiger partial charge on any atom is 0.227 e. The van der Waals surface area contributed by atoms with Crippen LogP contribution < -0.4 is 4.90 Å². The lowest BCUT2D eigenvalue weighted by Gasteiger charge is -2.29. The zero-order chi connectivity index (χ0) is 36.7. The van der Waals surface area contributed by atoms with E-state index in [1.54, 1.807) is 0 Å². The van der Waals surface area contributed by atoms with Crippen LogP contribution >= 0.6 is 0 Å². The van der Waals surface area contributed by atoms with Crippen LogP contribution in [0.5, 0.6) is 0 Å². The van der Waals surface area contributed by atoms with E-state index >= 15 is 0 Å². The topological polar surface area (TPSA) is 29.3 Å². The van der Waals surface area contributed by atoms with Gasteiger partial charge in [-0.1, -0.05) is 147 Å². The highest BCUT2D eigenvalue weighted by Crippen LogP contribution is 2.52. The van der Waals surface area contributed by atoms with E-state index in [0.717, 1.165) is 55.3 Å². The molecule has 55 heavy (non-hydrogen) atoms. The lowest BCUT2D eigenvalue weighted by atomic mass is 9.82. The number of anilines is 3. The van der Waals surface area contributed by atoms with Gasteiger partial charge in [-0.25, -0.2) is 4.98 Å². The van der Waals surface area contributed by atoms with Gasteiger partial charge in [0.25, 0.3) is 0 Å². The number of nitrogens with zero attached hydrogens (tertiary/aromatic N) is 2. The van der Waals surface area contributed by atoms with Crippen LogP contribution in [0.25, 0.3) is 77.1 Å². The van der Waals surface area contributed by atoms with Gasteiger partial charge in [-0.2, -0.15) is 0 Å². The quantitative estimate of drug-likeness (QED) is 0.167. The predicted octanol–water partition coefficient (Wildman–Crippen LogP) is 14.4. The van der Waals surface area contributed by atoms with E-state index in [-0.39, 0.29) is 5.41 Å². The monoisotopic (exact) mass is 704 g/mol. The van der Waals surface area contributed by atoms with Crippen molar-refractivity contribution in [1.82, 2.24) is 4.98 Å². The molecule has 0 fully saturated rings. The molecule has 0 amide bonds. The SMILES string of the molecule is CC1(C)c2ccccc2-c2cc(N(c3ccc(-c4ccccc4)cc3)c3cc4ccc5ccc6nc(-c7ccccc7)oc6c5c4c4ccccc34)ccc21. The van der Waals surface area contributed by atoms with Gasteiger partial charge in [-0.15, -0.1) is 0 Å². The normalized spacial score (nSPS) is 13.1. The van der Waals surface area contributed by atoms with Crippen molar-refractivity contribution in [2.24, 2.45) is 0 Å². The van der Waals surface area contributed by atoms with Gasteiger partial charge in [0.2, 0.25) is 5.89 Å². The Bertz CT molecular complexity index is 3110. The van der Waals surface area contributed by atoms with Crippen LogP contribution in [-0.4, -0.2) is 4.98 Å². The maximum absolute atomic E-state index is 6.65. The number of hydrogen-bond donors (Lipinski definition) is 0. The van der Waals surface area contributed by atoms with Gasteiger partial charge in [0.05, 0.1) is 5.69 Å². The molecule has 3 nitrogen and oxygen atoms in total. The smallest absolute Gasteiger partial charge is 0.227 e. The Hall–Kier alpha value is -6.97. The fourth-order valence-corrected chi connectivity index (χ4v) is 8.97. The number of aromatic nitrogens is 1. The van der Waals surface area contributed by atoms with Crippen LogP contribution in [0, 0.1) is 0 Å². The summed E-state index contributed by atoms with van der Waals surface area (Å²) in [5.74, 6) is 0.632. The first-order valence-corrected chi connectivity index (χ1v) is 19.0. The van der Waals surface area contributed by atoms with Crippen molar-refractivity contribution >= 4 is 60.5 Å². The maximum atomic E-state index is 6.65. The largest absolute Gasteiger partial charge is 0.435 e. The number of oxazole rings is 1. The summed E-state index contributed by atoms with van der Waals surface area (Å²) in [7, 11) is 0. The summed E-state index contributed by atoms with van der Waals surface area (Å²) in [5.41, 5.74) is 13.6. The molecule has 1 aliphatic rings. The van der Waals surface area contributed by atoms with Crippen molar-refractivity contribution in [3.8, 4) is 33.7 Å². The zero-order valence-electron chi connectivity index (χ0n) is 30.6. The highest BCUT2D eigenvalue weighted by atomic mass is 16.3. The van der Waals surface area contributed by atoms with Crippen LogP contribution in [0.3, 0.4) is 0 Å². The van der Waals surface area contributed by atoms with Gasteiger partial charge in [0.15, 0.2) is 5.58 Å². The van der Waals surface area contributed by atoms with Crippen LogP contribution in [0.15, 0.2) is 186 Å². The van der Waals surface area contributed by atoms with Gasteiger partial charge in [-0.05, 0) is 98.1 Å². The Morgan fingerprint density at radius 3 is 1.89 bits per heavy atom. The molecule has 0 spiro atoms. The van der Waals surface area contributed by atoms with E-state index in [0.29, 0.717) is 5.89 Å². The summed E-state index contributed by atoms with van der Waals surface area (Å²) in [4.78, 5) is 7.40. The highest BCUT2D eigenvalue weighted by Gasteiger charge is 2.35. The molecule has 0 N–H and O–H groups in total. The highest BCUT2D eigenvalue weighted by molar-refractivity contribution is 6.28. The van der Waals surface area contributed by atoms with Crippen LogP contribution in [0.1, 0.15) is 25.0 Å². The van der Waals surface area contributed by atoms with Crippen molar-refractivity contribution < 1.29 is 4.42 Å². The molecule has 0 atom stereocenters. The molecule has 0 bridgehead atoms. The Kier molecular flexibility index (Phi) is 6.90. The second-order valence-corrected chi connectivity index (χ2v) is 15.2. The molecule has 260 valence electrons. The lowest BCUT2D eigenvalue weighted by Crippen LogP contribution is -2.15. The van der Waals surface area contributed by atoms with Gasteiger partial charge in [0.1, 0.15) is 5.52 Å². The molecule has 10 aromatic rings. The third kappa shape index (κ3) is 4.86. The minimum Gasteiger partial charge on any atom is -0.435 e. The van der Waals surface area contributed by atoms with Crippen molar-refractivity contribution in [3.05, 3.63) is 193 Å². The van der Waals surface area contributed by atoms with Gasteiger partial charge >= 0.3 is 0 Å². The molecule has 0 saturated heterocycles. The Morgan fingerprint density at radius 1 is 0.473 bits per heavy atom.